The van der Waals surface area contributed by atoms with E-state index in [0.717, 1.165) is 0 Å². The van der Waals surface area contributed by atoms with Gasteiger partial charge in [0.1, 0.15) is 11.6 Å². The third kappa shape index (κ3) is 4.63. The van der Waals surface area contributed by atoms with Crippen LogP contribution in [0, 0.1) is 5.82 Å². The van der Waals surface area contributed by atoms with Crippen LogP contribution >= 0.6 is 0 Å². The van der Waals surface area contributed by atoms with Gasteiger partial charge >= 0.3 is 5.97 Å². The lowest BCUT2D eigenvalue weighted by Gasteiger charge is -2.29. The van der Waals surface area contributed by atoms with E-state index in [1.54, 1.807) is 42.6 Å². The molecule has 0 aliphatic carbocycles. The van der Waals surface area contributed by atoms with E-state index < -0.39 is 11.7 Å². The van der Waals surface area contributed by atoms with Crippen LogP contribution in [0.1, 0.15) is 16.1 Å². The molecule has 8 nitrogen and oxygen atoms in total. The summed E-state index contributed by atoms with van der Waals surface area (Å²) >= 11 is 0. The second-order valence-corrected chi connectivity index (χ2v) is 7.61. The molecule has 1 aromatic heterocycles. The number of aromatic nitrogens is 1. The number of ether oxygens (including phenoxy) is 3. The standard InChI is InChI=1S/C24H20FN3O5/c25-16-11-15(12-18(13-16)28-7-9-31-10-8-28)24(30)27-17-1-3-19(4-2-17)32-21-5-6-26-20-14-22(29)33-23(20)21/h1-6,11-13H,7-10,14H2,(H,27,30). The number of esters is 1. The van der Waals surface area contributed by atoms with E-state index in [1.165, 1.54) is 12.1 Å². The topological polar surface area (TPSA) is 90.0 Å². The van der Waals surface area contributed by atoms with Gasteiger partial charge in [0.05, 0.1) is 25.3 Å². The third-order valence-corrected chi connectivity index (χ3v) is 5.33. The van der Waals surface area contributed by atoms with Crippen molar-refractivity contribution in [2.24, 2.45) is 0 Å². The summed E-state index contributed by atoms with van der Waals surface area (Å²) in [5.74, 6) is -0.0689. The number of fused-ring (bicyclic) bond motifs is 1. The van der Waals surface area contributed by atoms with Crippen molar-refractivity contribution in [1.82, 2.24) is 4.98 Å². The van der Waals surface area contributed by atoms with Gasteiger partial charge in [0.15, 0.2) is 11.5 Å². The maximum absolute atomic E-state index is 14.2. The molecule has 1 fully saturated rings. The molecule has 0 radical (unpaired) electrons. The quantitative estimate of drug-likeness (QED) is 0.596. The Balaban J connectivity index is 1.27. The van der Waals surface area contributed by atoms with Crippen molar-refractivity contribution in [2.45, 2.75) is 6.42 Å². The van der Waals surface area contributed by atoms with Gasteiger partial charge in [0.25, 0.3) is 5.91 Å². The Morgan fingerprint density at radius 3 is 2.67 bits per heavy atom. The number of amides is 1. The number of nitrogens with one attached hydrogen (secondary N) is 1. The Morgan fingerprint density at radius 1 is 1.09 bits per heavy atom. The van der Waals surface area contributed by atoms with Gasteiger partial charge in [-0.05, 0) is 42.5 Å². The van der Waals surface area contributed by atoms with Gasteiger partial charge in [0.2, 0.25) is 0 Å². The number of anilines is 2. The van der Waals surface area contributed by atoms with Crippen molar-refractivity contribution >= 4 is 23.3 Å². The number of halogens is 1. The van der Waals surface area contributed by atoms with Gasteiger partial charge in [-0.2, -0.15) is 0 Å². The van der Waals surface area contributed by atoms with E-state index in [4.69, 9.17) is 14.2 Å². The largest absolute Gasteiger partial charge is 0.453 e. The van der Waals surface area contributed by atoms with E-state index in [0.29, 0.717) is 60.6 Å². The molecule has 0 spiro atoms. The molecular formula is C24H20FN3O5. The van der Waals surface area contributed by atoms with Gasteiger partial charge in [-0.15, -0.1) is 0 Å². The van der Waals surface area contributed by atoms with Crippen molar-refractivity contribution in [3.05, 3.63) is 71.8 Å². The summed E-state index contributed by atoms with van der Waals surface area (Å²) in [6.07, 6.45) is 1.67. The van der Waals surface area contributed by atoms with E-state index in [2.05, 4.69) is 10.3 Å². The molecule has 2 aliphatic rings. The zero-order valence-corrected chi connectivity index (χ0v) is 17.5. The Kier molecular flexibility index (Phi) is 5.62. The zero-order valence-electron chi connectivity index (χ0n) is 17.5. The first-order chi connectivity index (χ1) is 16.0. The number of nitrogens with zero attached hydrogens (tertiary/aromatic N) is 2. The molecule has 1 N–H and O–H groups in total. The van der Waals surface area contributed by atoms with Crippen LogP contribution in [-0.4, -0.2) is 43.2 Å². The second kappa shape index (κ2) is 8.87. The van der Waals surface area contributed by atoms with Crippen LogP contribution in [0.4, 0.5) is 15.8 Å². The predicted molar refractivity (Wildman–Crippen MR) is 117 cm³/mol. The fraction of sp³-hybridized carbons (Fsp3) is 0.208. The van der Waals surface area contributed by atoms with Crippen LogP contribution in [0.3, 0.4) is 0 Å². The molecule has 2 aliphatic heterocycles. The predicted octanol–water partition coefficient (Wildman–Crippen LogP) is 3.56. The molecule has 0 saturated carbocycles. The summed E-state index contributed by atoms with van der Waals surface area (Å²) in [7, 11) is 0. The monoisotopic (exact) mass is 449 g/mol. The number of pyridine rings is 1. The molecule has 0 atom stereocenters. The minimum absolute atomic E-state index is 0.116. The highest BCUT2D eigenvalue weighted by Gasteiger charge is 2.26. The van der Waals surface area contributed by atoms with E-state index >= 15 is 0 Å². The zero-order chi connectivity index (χ0) is 22.8. The van der Waals surface area contributed by atoms with Crippen LogP contribution < -0.4 is 19.7 Å². The molecule has 1 saturated heterocycles. The Hall–Kier alpha value is -3.98. The van der Waals surface area contributed by atoms with Gasteiger partial charge in [0, 0.05) is 42.3 Å². The summed E-state index contributed by atoms with van der Waals surface area (Å²) < 4.78 is 30.5. The summed E-state index contributed by atoms with van der Waals surface area (Å²) in [4.78, 5) is 30.3. The van der Waals surface area contributed by atoms with Gasteiger partial charge < -0.3 is 24.4 Å². The minimum Gasteiger partial charge on any atom is -0.453 e. The Bertz CT molecular complexity index is 1210. The number of hydrogen-bond acceptors (Lipinski definition) is 7. The summed E-state index contributed by atoms with van der Waals surface area (Å²) in [6, 6.07) is 12.6. The maximum Gasteiger partial charge on any atom is 0.317 e. The van der Waals surface area contributed by atoms with Gasteiger partial charge in [-0.25, -0.2) is 4.39 Å². The number of carbonyl (C=O) groups is 2. The van der Waals surface area contributed by atoms with E-state index in [9.17, 15) is 14.0 Å². The van der Waals surface area contributed by atoms with E-state index in [1.807, 2.05) is 4.90 Å². The number of carbonyl (C=O) groups excluding carboxylic acids is 2. The molecule has 3 aromatic rings. The van der Waals surface area contributed by atoms with E-state index in [-0.39, 0.29) is 18.0 Å². The van der Waals surface area contributed by atoms with Crippen molar-refractivity contribution < 1.29 is 28.2 Å². The lowest BCUT2D eigenvalue weighted by atomic mass is 10.1. The molecule has 0 bridgehead atoms. The minimum atomic E-state index is -0.474. The SMILES string of the molecule is O=C1Cc2nccc(Oc3ccc(NC(=O)c4cc(F)cc(N5CCOCC5)c4)cc3)c2O1. The van der Waals surface area contributed by atoms with Crippen molar-refractivity contribution in [2.75, 3.05) is 36.5 Å². The summed E-state index contributed by atoms with van der Waals surface area (Å²) in [5.41, 5.74) is 1.94. The average Bonchev–Trinajstić information content (AvgIpc) is 3.22. The molecule has 2 aromatic carbocycles. The summed E-state index contributed by atoms with van der Waals surface area (Å²) in [5, 5.41) is 2.77. The normalized spacial score (nSPS) is 15.1. The van der Waals surface area contributed by atoms with Gasteiger partial charge in [-0.1, -0.05) is 0 Å². The molecule has 33 heavy (non-hydrogen) atoms. The van der Waals surface area contributed by atoms with Crippen LogP contribution in [0.25, 0.3) is 0 Å². The highest BCUT2D eigenvalue weighted by atomic mass is 19.1. The number of benzene rings is 2. The van der Waals surface area contributed by atoms with Crippen LogP contribution in [0.2, 0.25) is 0 Å². The first kappa shape index (κ1) is 20.9. The molecule has 9 heteroatoms. The first-order valence-electron chi connectivity index (χ1n) is 10.5. The molecule has 1 amide bonds. The van der Waals surface area contributed by atoms with Crippen molar-refractivity contribution in [3.8, 4) is 17.2 Å². The third-order valence-electron chi connectivity index (χ3n) is 5.33. The molecular weight excluding hydrogens is 429 g/mol. The lowest BCUT2D eigenvalue weighted by molar-refractivity contribution is -0.131. The molecule has 3 heterocycles. The average molecular weight is 449 g/mol. The van der Waals surface area contributed by atoms with Crippen LogP contribution in [0.15, 0.2) is 54.7 Å². The second-order valence-electron chi connectivity index (χ2n) is 7.61. The van der Waals surface area contributed by atoms with Crippen LogP contribution in [-0.2, 0) is 16.0 Å². The Morgan fingerprint density at radius 2 is 1.88 bits per heavy atom. The van der Waals surface area contributed by atoms with Crippen LogP contribution in [0.5, 0.6) is 17.2 Å². The number of morpholine rings is 1. The number of hydrogen-bond donors (Lipinski definition) is 1. The highest BCUT2D eigenvalue weighted by Crippen LogP contribution is 2.37. The highest BCUT2D eigenvalue weighted by molar-refractivity contribution is 6.04. The van der Waals surface area contributed by atoms with Gasteiger partial charge in [-0.3, -0.25) is 14.6 Å². The smallest absolute Gasteiger partial charge is 0.317 e. The maximum atomic E-state index is 14.2. The molecule has 5 rings (SSSR count). The Labute approximate surface area is 188 Å². The molecule has 0 unspecified atom stereocenters. The number of rotatable bonds is 5. The molecule has 168 valence electrons. The summed E-state index contributed by atoms with van der Waals surface area (Å²) in [6.45, 7) is 2.42. The van der Waals surface area contributed by atoms with Crippen molar-refractivity contribution in [3.63, 3.8) is 0 Å². The van der Waals surface area contributed by atoms with Crippen molar-refractivity contribution in [1.29, 1.82) is 0 Å². The fourth-order valence-corrected chi connectivity index (χ4v) is 3.72. The fourth-order valence-electron chi connectivity index (χ4n) is 3.72. The lowest BCUT2D eigenvalue weighted by Crippen LogP contribution is -2.36. The first-order valence-corrected chi connectivity index (χ1v) is 10.5.